The number of aromatic nitrogens is 2. The molecule has 2 aliphatic rings. The lowest BCUT2D eigenvalue weighted by Gasteiger charge is -2.35. The molecule has 0 aliphatic carbocycles. The summed E-state index contributed by atoms with van der Waals surface area (Å²) in [6.45, 7) is 6.79. The lowest BCUT2D eigenvalue weighted by molar-refractivity contribution is -0.123. The van der Waals surface area contributed by atoms with Crippen molar-refractivity contribution < 1.29 is 9.59 Å². The summed E-state index contributed by atoms with van der Waals surface area (Å²) in [5.74, 6) is -0.0998. The first-order valence-corrected chi connectivity index (χ1v) is 7.39. The quantitative estimate of drug-likeness (QED) is 0.827. The first-order valence-electron chi connectivity index (χ1n) is 7.39. The molecule has 1 aromatic heterocycles. The van der Waals surface area contributed by atoms with Crippen molar-refractivity contribution >= 4 is 11.8 Å². The van der Waals surface area contributed by atoms with Crippen molar-refractivity contribution in [3.8, 4) is 0 Å². The minimum absolute atomic E-state index is 0.0402. The number of carbonyl (C=O) groups excluding carboxylic acids is 2. The smallest absolute Gasteiger partial charge is 0.274 e. The van der Waals surface area contributed by atoms with E-state index in [1.165, 1.54) is 0 Å². The van der Waals surface area contributed by atoms with E-state index in [2.05, 4.69) is 15.3 Å². The zero-order valence-corrected chi connectivity index (χ0v) is 12.6. The molecule has 3 heterocycles. The molecule has 3 rings (SSSR count). The highest BCUT2D eigenvalue weighted by atomic mass is 16.2. The van der Waals surface area contributed by atoms with Crippen LogP contribution in [-0.4, -0.2) is 45.8 Å². The van der Waals surface area contributed by atoms with Gasteiger partial charge in [0.2, 0.25) is 5.91 Å². The van der Waals surface area contributed by atoms with Crippen LogP contribution in [-0.2, 0) is 4.79 Å². The Morgan fingerprint density at radius 2 is 1.90 bits per heavy atom. The van der Waals surface area contributed by atoms with Crippen LogP contribution in [0.2, 0.25) is 0 Å². The van der Waals surface area contributed by atoms with Gasteiger partial charge in [0.1, 0.15) is 5.69 Å². The molecule has 1 N–H and O–H groups in total. The zero-order valence-electron chi connectivity index (χ0n) is 12.6. The Hall–Kier alpha value is -1.98. The summed E-state index contributed by atoms with van der Waals surface area (Å²) in [4.78, 5) is 35.2. The molecule has 2 aliphatic heterocycles. The molecule has 2 saturated heterocycles. The van der Waals surface area contributed by atoms with Crippen LogP contribution in [0.1, 0.15) is 40.4 Å². The van der Waals surface area contributed by atoms with Gasteiger partial charge in [0.05, 0.1) is 29.0 Å². The van der Waals surface area contributed by atoms with Crippen molar-refractivity contribution in [2.45, 2.75) is 39.7 Å². The number of nitrogens with zero attached hydrogens (tertiary/aromatic N) is 3. The van der Waals surface area contributed by atoms with Gasteiger partial charge in [-0.2, -0.15) is 0 Å². The fraction of sp³-hybridized carbons (Fsp3) is 0.600. The molecule has 0 spiro atoms. The Kier molecular flexibility index (Phi) is 3.39. The summed E-state index contributed by atoms with van der Waals surface area (Å²) in [5, 5.41) is 2.86. The molecular formula is C15H20N4O2. The lowest BCUT2D eigenvalue weighted by Crippen LogP contribution is -2.49. The van der Waals surface area contributed by atoms with E-state index in [1.54, 1.807) is 4.90 Å². The van der Waals surface area contributed by atoms with Crippen molar-refractivity contribution in [1.82, 2.24) is 20.2 Å². The van der Waals surface area contributed by atoms with Crippen LogP contribution >= 0.6 is 0 Å². The van der Waals surface area contributed by atoms with Gasteiger partial charge in [0.25, 0.3) is 5.91 Å². The number of aryl methyl sites for hydroxylation is 3. The van der Waals surface area contributed by atoms with Crippen LogP contribution in [0.15, 0.2) is 0 Å². The molecule has 2 amide bonds. The highest BCUT2D eigenvalue weighted by Gasteiger charge is 2.43. The molecule has 21 heavy (non-hydrogen) atoms. The number of rotatable bonds is 1. The minimum Gasteiger partial charge on any atom is -0.354 e. The van der Waals surface area contributed by atoms with Crippen molar-refractivity contribution in [2.75, 3.05) is 13.1 Å². The summed E-state index contributed by atoms with van der Waals surface area (Å²) >= 11 is 0. The molecule has 2 atom stereocenters. The predicted octanol–water partition coefficient (Wildman–Crippen LogP) is 0.752. The maximum absolute atomic E-state index is 12.8. The first kappa shape index (κ1) is 14.0. The highest BCUT2D eigenvalue weighted by Crippen LogP contribution is 2.28. The summed E-state index contributed by atoms with van der Waals surface area (Å²) in [5.41, 5.74) is 2.69. The van der Waals surface area contributed by atoms with Crippen molar-refractivity contribution in [3.05, 3.63) is 22.8 Å². The fourth-order valence-electron chi connectivity index (χ4n) is 3.26. The zero-order chi connectivity index (χ0) is 15.1. The maximum Gasteiger partial charge on any atom is 0.274 e. The molecule has 1 aromatic rings. The number of hydrogen-bond donors (Lipinski definition) is 1. The molecule has 0 aromatic carbocycles. The Morgan fingerprint density at radius 3 is 2.67 bits per heavy atom. The average Bonchev–Trinajstić information content (AvgIpc) is 2.84. The van der Waals surface area contributed by atoms with Crippen LogP contribution in [0.3, 0.4) is 0 Å². The van der Waals surface area contributed by atoms with Crippen LogP contribution in [0.25, 0.3) is 0 Å². The Labute approximate surface area is 124 Å². The van der Waals surface area contributed by atoms with Crippen LogP contribution < -0.4 is 5.32 Å². The summed E-state index contributed by atoms with van der Waals surface area (Å²) in [7, 11) is 0. The van der Waals surface area contributed by atoms with Gasteiger partial charge in [-0.05, 0) is 33.6 Å². The third kappa shape index (κ3) is 2.28. The van der Waals surface area contributed by atoms with Crippen molar-refractivity contribution in [1.29, 1.82) is 0 Å². The van der Waals surface area contributed by atoms with Gasteiger partial charge < -0.3 is 10.2 Å². The monoisotopic (exact) mass is 288 g/mol. The van der Waals surface area contributed by atoms with Gasteiger partial charge >= 0.3 is 0 Å². The van der Waals surface area contributed by atoms with Gasteiger partial charge in [0.15, 0.2) is 0 Å². The maximum atomic E-state index is 12.8. The van der Waals surface area contributed by atoms with Crippen LogP contribution in [0, 0.1) is 26.7 Å². The Balaban J connectivity index is 1.91. The van der Waals surface area contributed by atoms with E-state index < -0.39 is 0 Å². The third-order valence-corrected chi connectivity index (χ3v) is 4.55. The van der Waals surface area contributed by atoms with E-state index in [-0.39, 0.29) is 23.8 Å². The van der Waals surface area contributed by atoms with E-state index in [9.17, 15) is 9.59 Å². The molecule has 6 heteroatoms. The molecule has 0 unspecified atom stereocenters. The number of hydrogen-bond acceptors (Lipinski definition) is 4. The second-order valence-corrected chi connectivity index (χ2v) is 5.89. The molecule has 112 valence electrons. The molecule has 0 radical (unpaired) electrons. The van der Waals surface area contributed by atoms with E-state index >= 15 is 0 Å². The molecule has 0 saturated carbocycles. The first-order chi connectivity index (χ1) is 9.99. The summed E-state index contributed by atoms with van der Waals surface area (Å²) < 4.78 is 0. The highest BCUT2D eigenvalue weighted by molar-refractivity contribution is 5.94. The topological polar surface area (TPSA) is 75.2 Å². The SMILES string of the molecule is Cc1nc(C)c(C(=O)N2CCC[C@H]3C(=O)NC[C@H]32)nc1C. The molecule has 0 bridgehead atoms. The Morgan fingerprint density at radius 1 is 1.19 bits per heavy atom. The van der Waals surface area contributed by atoms with E-state index in [0.717, 1.165) is 24.2 Å². The number of nitrogens with one attached hydrogen (secondary N) is 1. The second kappa shape index (κ2) is 5.09. The molecule has 6 nitrogen and oxygen atoms in total. The average molecular weight is 288 g/mol. The van der Waals surface area contributed by atoms with Gasteiger partial charge in [-0.1, -0.05) is 0 Å². The van der Waals surface area contributed by atoms with Crippen molar-refractivity contribution in [3.63, 3.8) is 0 Å². The summed E-state index contributed by atoms with van der Waals surface area (Å²) in [6, 6.07) is -0.0402. The normalized spacial score (nSPS) is 24.7. The van der Waals surface area contributed by atoms with Crippen LogP contribution in [0.4, 0.5) is 0 Å². The molecule has 2 fully saturated rings. The fourth-order valence-corrected chi connectivity index (χ4v) is 3.26. The second-order valence-electron chi connectivity index (χ2n) is 5.89. The van der Waals surface area contributed by atoms with E-state index in [4.69, 9.17) is 0 Å². The number of piperidine rings is 1. The van der Waals surface area contributed by atoms with Crippen LogP contribution in [0.5, 0.6) is 0 Å². The largest absolute Gasteiger partial charge is 0.354 e. The number of likely N-dealkylation sites (tertiary alicyclic amines) is 1. The minimum atomic E-state index is -0.102. The standard InChI is InChI=1S/C15H20N4O2/c1-8-9(2)18-13(10(3)17-8)15(21)19-6-4-5-11-12(19)7-16-14(11)20/h11-12H,4-7H2,1-3H3,(H,16,20)/t11-,12-/m1/s1. The molecular weight excluding hydrogens is 268 g/mol. The number of amides is 2. The van der Waals surface area contributed by atoms with E-state index in [0.29, 0.717) is 24.5 Å². The van der Waals surface area contributed by atoms with Gasteiger partial charge in [-0.15, -0.1) is 0 Å². The van der Waals surface area contributed by atoms with Gasteiger partial charge in [-0.25, -0.2) is 4.98 Å². The van der Waals surface area contributed by atoms with Gasteiger partial charge in [-0.3, -0.25) is 14.6 Å². The van der Waals surface area contributed by atoms with Crippen molar-refractivity contribution in [2.24, 2.45) is 5.92 Å². The third-order valence-electron chi connectivity index (χ3n) is 4.55. The predicted molar refractivity (Wildman–Crippen MR) is 76.8 cm³/mol. The lowest BCUT2D eigenvalue weighted by atomic mass is 9.91. The van der Waals surface area contributed by atoms with Gasteiger partial charge in [0, 0.05) is 13.1 Å². The van der Waals surface area contributed by atoms with E-state index in [1.807, 2.05) is 20.8 Å². The summed E-state index contributed by atoms with van der Waals surface area (Å²) in [6.07, 6.45) is 1.72. The number of carbonyl (C=O) groups is 2. The Bertz CT molecular complexity index is 614. The number of fused-ring (bicyclic) bond motifs is 1.